The Morgan fingerprint density at radius 2 is 2.10 bits per heavy atom. The number of benzene rings is 1. The lowest BCUT2D eigenvalue weighted by molar-refractivity contribution is 0.199. The van der Waals surface area contributed by atoms with Crippen molar-refractivity contribution in [3.63, 3.8) is 0 Å². The monoisotopic (exact) mass is 304 g/mol. The van der Waals surface area contributed by atoms with Gasteiger partial charge >= 0.3 is 0 Å². The third kappa shape index (κ3) is 4.84. The van der Waals surface area contributed by atoms with Crippen molar-refractivity contribution in [2.24, 2.45) is 0 Å². The minimum Gasteiger partial charge on any atom is -0.383 e. The maximum Gasteiger partial charge on any atom is 0.0587 e. The number of thiophene rings is 1. The number of ether oxygens (including phenoxy) is 1. The quantitative estimate of drug-likeness (QED) is 0.756. The van der Waals surface area contributed by atoms with Gasteiger partial charge in [-0.1, -0.05) is 12.1 Å². The standard InChI is InChI=1S/C17H24N2OS/c1-14-10-15(11-18-7-8-20-3)4-5-17(14)19(2)12-16-6-9-21-13-16/h4-6,9-10,13,18H,7-8,11-12H2,1-3H3. The van der Waals surface area contributed by atoms with Gasteiger partial charge in [0.25, 0.3) is 0 Å². The zero-order valence-corrected chi connectivity index (χ0v) is 13.9. The number of nitrogens with one attached hydrogen (secondary N) is 1. The van der Waals surface area contributed by atoms with E-state index in [1.54, 1.807) is 18.4 Å². The van der Waals surface area contributed by atoms with Crippen LogP contribution in [0.4, 0.5) is 5.69 Å². The molecule has 0 atom stereocenters. The molecule has 0 radical (unpaired) electrons. The molecule has 2 rings (SSSR count). The second-order valence-corrected chi connectivity index (χ2v) is 6.06. The number of aryl methyl sites for hydroxylation is 1. The largest absolute Gasteiger partial charge is 0.383 e. The summed E-state index contributed by atoms with van der Waals surface area (Å²) in [7, 11) is 3.88. The summed E-state index contributed by atoms with van der Waals surface area (Å²) in [6.07, 6.45) is 0. The number of hydrogen-bond acceptors (Lipinski definition) is 4. The molecule has 1 heterocycles. The zero-order chi connectivity index (χ0) is 15.1. The minimum absolute atomic E-state index is 0.750. The maximum absolute atomic E-state index is 5.04. The Labute approximate surface area is 131 Å². The fraction of sp³-hybridized carbons (Fsp3) is 0.412. The normalized spacial score (nSPS) is 10.8. The minimum atomic E-state index is 0.750. The molecule has 1 aromatic heterocycles. The highest BCUT2D eigenvalue weighted by molar-refractivity contribution is 7.07. The summed E-state index contributed by atoms with van der Waals surface area (Å²) in [5.41, 5.74) is 5.30. The Balaban J connectivity index is 1.94. The number of nitrogens with zero attached hydrogens (tertiary/aromatic N) is 1. The van der Waals surface area contributed by atoms with E-state index in [1.165, 1.54) is 22.4 Å². The van der Waals surface area contributed by atoms with Gasteiger partial charge in [0.15, 0.2) is 0 Å². The van der Waals surface area contributed by atoms with Gasteiger partial charge in [0, 0.05) is 39.5 Å². The fourth-order valence-corrected chi connectivity index (χ4v) is 3.06. The zero-order valence-electron chi connectivity index (χ0n) is 13.1. The van der Waals surface area contributed by atoms with Gasteiger partial charge in [0.2, 0.25) is 0 Å². The second kappa shape index (κ2) is 8.17. The van der Waals surface area contributed by atoms with Crippen molar-refractivity contribution in [3.05, 3.63) is 51.7 Å². The van der Waals surface area contributed by atoms with Crippen molar-refractivity contribution >= 4 is 17.0 Å². The average Bonchev–Trinajstić information content (AvgIpc) is 2.96. The van der Waals surface area contributed by atoms with Gasteiger partial charge in [-0.15, -0.1) is 0 Å². The molecule has 0 aliphatic rings. The number of hydrogen-bond donors (Lipinski definition) is 1. The van der Waals surface area contributed by atoms with Gasteiger partial charge in [0.1, 0.15) is 0 Å². The first-order valence-electron chi connectivity index (χ1n) is 7.22. The van der Waals surface area contributed by atoms with E-state index in [4.69, 9.17) is 4.74 Å². The summed E-state index contributed by atoms with van der Waals surface area (Å²) in [5.74, 6) is 0. The lowest BCUT2D eigenvalue weighted by Gasteiger charge is -2.21. The predicted molar refractivity (Wildman–Crippen MR) is 91.2 cm³/mol. The van der Waals surface area contributed by atoms with Gasteiger partial charge in [0.05, 0.1) is 6.61 Å². The average molecular weight is 304 g/mol. The van der Waals surface area contributed by atoms with E-state index in [1.807, 2.05) is 0 Å². The molecule has 0 spiro atoms. The van der Waals surface area contributed by atoms with E-state index in [-0.39, 0.29) is 0 Å². The SMILES string of the molecule is COCCNCc1ccc(N(C)Cc2ccsc2)c(C)c1. The Hall–Kier alpha value is -1.36. The van der Waals surface area contributed by atoms with Crippen LogP contribution in [0.15, 0.2) is 35.0 Å². The van der Waals surface area contributed by atoms with E-state index in [9.17, 15) is 0 Å². The number of rotatable bonds is 8. The Morgan fingerprint density at radius 3 is 2.76 bits per heavy atom. The van der Waals surface area contributed by atoms with Crippen LogP contribution < -0.4 is 10.2 Å². The lowest BCUT2D eigenvalue weighted by atomic mass is 10.1. The fourth-order valence-electron chi connectivity index (χ4n) is 2.40. The molecule has 0 aliphatic heterocycles. The van der Waals surface area contributed by atoms with Gasteiger partial charge in [-0.2, -0.15) is 11.3 Å². The van der Waals surface area contributed by atoms with Crippen LogP contribution in [0, 0.1) is 6.92 Å². The summed E-state index contributed by atoms with van der Waals surface area (Å²) >= 11 is 1.75. The van der Waals surface area contributed by atoms with Crippen molar-refractivity contribution in [1.82, 2.24) is 5.32 Å². The first kappa shape index (κ1) is 16.0. The molecule has 0 bridgehead atoms. The molecule has 0 fully saturated rings. The van der Waals surface area contributed by atoms with E-state index in [2.05, 4.69) is 59.2 Å². The van der Waals surface area contributed by atoms with Crippen LogP contribution in [0.2, 0.25) is 0 Å². The molecule has 1 aromatic carbocycles. The molecule has 0 saturated carbocycles. The number of anilines is 1. The van der Waals surface area contributed by atoms with Crippen LogP contribution >= 0.6 is 11.3 Å². The van der Waals surface area contributed by atoms with Gasteiger partial charge in [-0.3, -0.25) is 0 Å². The van der Waals surface area contributed by atoms with Gasteiger partial charge in [-0.25, -0.2) is 0 Å². The van der Waals surface area contributed by atoms with Crippen LogP contribution in [0.1, 0.15) is 16.7 Å². The second-order valence-electron chi connectivity index (χ2n) is 5.28. The summed E-state index contributed by atoms with van der Waals surface area (Å²) in [4.78, 5) is 2.31. The molecule has 0 aliphatic carbocycles. The smallest absolute Gasteiger partial charge is 0.0587 e. The van der Waals surface area contributed by atoms with Crippen molar-refractivity contribution in [3.8, 4) is 0 Å². The molecular formula is C17H24N2OS. The third-order valence-electron chi connectivity index (χ3n) is 3.48. The van der Waals surface area contributed by atoms with Crippen LogP contribution in [-0.2, 0) is 17.8 Å². The van der Waals surface area contributed by atoms with Gasteiger partial charge < -0.3 is 15.0 Å². The first-order valence-corrected chi connectivity index (χ1v) is 8.16. The van der Waals surface area contributed by atoms with E-state index in [0.29, 0.717) is 0 Å². The van der Waals surface area contributed by atoms with Gasteiger partial charge in [-0.05, 0) is 46.5 Å². The van der Waals surface area contributed by atoms with Crippen molar-refractivity contribution in [2.75, 3.05) is 32.2 Å². The summed E-state index contributed by atoms with van der Waals surface area (Å²) < 4.78 is 5.04. The highest BCUT2D eigenvalue weighted by Crippen LogP contribution is 2.22. The van der Waals surface area contributed by atoms with Crippen LogP contribution in [0.5, 0.6) is 0 Å². The lowest BCUT2D eigenvalue weighted by Crippen LogP contribution is -2.19. The molecule has 0 unspecified atom stereocenters. The molecule has 1 N–H and O–H groups in total. The molecule has 0 amide bonds. The molecule has 0 saturated heterocycles. The highest BCUT2D eigenvalue weighted by atomic mass is 32.1. The van der Waals surface area contributed by atoms with E-state index < -0.39 is 0 Å². The van der Waals surface area contributed by atoms with E-state index in [0.717, 1.165) is 26.2 Å². The van der Waals surface area contributed by atoms with E-state index >= 15 is 0 Å². The molecule has 3 nitrogen and oxygen atoms in total. The molecule has 21 heavy (non-hydrogen) atoms. The Bertz CT molecular complexity index is 540. The molecule has 114 valence electrons. The Morgan fingerprint density at radius 1 is 1.24 bits per heavy atom. The third-order valence-corrected chi connectivity index (χ3v) is 4.22. The summed E-state index contributed by atoms with van der Waals surface area (Å²) in [6.45, 7) is 5.66. The topological polar surface area (TPSA) is 24.5 Å². The summed E-state index contributed by atoms with van der Waals surface area (Å²) in [5, 5.41) is 7.72. The van der Waals surface area contributed by atoms with Crippen molar-refractivity contribution < 1.29 is 4.74 Å². The predicted octanol–water partition coefficient (Wildman–Crippen LogP) is 3.43. The van der Waals surface area contributed by atoms with Crippen LogP contribution in [-0.4, -0.2) is 27.3 Å². The molecular weight excluding hydrogens is 280 g/mol. The highest BCUT2D eigenvalue weighted by Gasteiger charge is 2.06. The van der Waals surface area contributed by atoms with Crippen molar-refractivity contribution in [1.29, 1.82) is 0 Å². The number of methoxy groups -OCH3 is 1. The van der Waals surface area contributed by atoms with Crippen LogP contribution in [0.3, 0.4) is 0 Å². The first-order chi connectivity index (χ1) is 10.2. The summed E-state index contributed by atoms with van der Waals surface area (Å²) in [6, 6.07) is 8.87. The van der Waals surface area contributed by atoms with Crippen molar-refractivity contribution in [2.45, 2.75) is 20.0 Å². The Kier molecular flexibility index (Phi) is 6.23. The maximum atomic E-state index is 5.04. The van der Waals surface area contributed by atoms with Crippen LogP contribution in [0.25, 0.3) is 0 Å². The molecule has 2 aromatic rings. The molecule has 4 heteroatoms.